The lowest BCUT2D eigenvalue weighted by molar-refractivity contribution is -0.384. The van der Waals surface area contributed by atoms with Crippen molar-refractivity contribution >= 4 is 50.5 Å². The molecule has 3 rings (SSSR count). The molecule has 0 saturated carbocycles. The summed E-state index contributed by atoms with van der Waals surface area (Å²) in [7, 11) is 0. The van der Waals surface area contributed by atoms with E-state index in [-0.39, 0.29) is 11.7 Å². The van der Waals surface area contributed by atoms with Crippen molar-refractivity contribution in [2.45, 2.75) is 10.5 Å². The van der Waals surface area contributed by atoms with Gasteiger partial charge < -0.3 is 4.90 Å². The minimum atomic E-state index is -1.04. The first-order valence-corrected chi connectivity index (χ1v) is 7.63. The van der Waals surface area contributed by atoms with Crippen LogP contribution >= 0.6 is 39.1 Å². The lowest BCUT2D eigenvalue weighted by atomic mass is 10.1. The quantitative estimate of drug-likeness (QED) is 0.243. The minimum Gasteiger partial charge on any atom is -0.326 e. The number of hydrogen-bond acceptors (Lipinski definition) is 3. The highest BCUT2D eigenvalue weighted by Crippen LogP contribution is 2.61. The lowest BCUT2D eigenvalue weighted by Gasteiger charge is -2.06. The molecule has 1 atom stereocenters. The molecule has 1 aliphatic rings. The fraction of sp³-hybridized carbons (Fsp3) is 0.143. The first-order chi connectivity index (χ1) is 9.91. The molecule has 1 heterocycles. The average Bonchev–Trinajstić information content (AvgIpc) is 3.02. The Labute approximate surface area is 139 Å². The number of nitro benzene ring substituents is 1. The number of anilines is 1. The smallest absolute Gasteiger partial charge is 0.269 e. The third-order valence-corrected chi connectivity index (χ3v) is 4.67. The average molecular weight is 388 g/mol. The van der Waals surface area contributed by atoms with E-state index in [1.165, 1.54) is 12.1 Å². The van der Waals surface area contributed by atoms with Gasteiger partial charge in [-0.1, -0.05) is 39.1 Å². The highest BCUT2D eigenvalue weighted by Gasteiger charge is 2.62. The van der Waals surface area contributed by atoms with Gasteiger partial charge in [-0.05, 0) is 42.0 Å². The number of non-ortho nitro benzene ring substituents is 1. The van der Waals surface area contributed by atoms with Gasteiger partial charge in [0.15, 0.2) is 0 Å². The molecule has 0 aromatic heterocycles. The van der Waals surface area contributed by atoms with Crippen LogP contribution in [0.25, 0.3) is 0 Å². The summed E-state index contributed by atoms with van der Waals surface area (Å²) in [6.45, 7) is 0. The normalized spacial score (nSPS) is 19.4. The Kier molecular flexibility index (Phi) is 3.59. The van der Waals surface area contributed by atoms with Crippen LogP contribution in [-0.2, 0) is 0 Å². The standard InChI is InChI=1S/C14H9BrCl2N2O2/c15-10-3-7-11(8-4-10)18-13(14(18,16)17)9-1-5-12(6-2-9)19(20)21/h1-8,13H. The van der Waals surface area contributed by atoms with Crippen LogP contribution in [0.15, 0.2) is 53.0 Å². The number of nitro groups is 1. The molecular weight excluding hydrogens is 379 g/mol. The fourth-order valence-electron chi connectivity index (χ4n) is 2.30. The van der Waals surface area contributed by atoms with Gasteiger partial charge in [-0.3, -0.25) is 10.1 Å². The van der Waals surface area contributed by atoms with Crippen molar-refractivity contribution in [3.8, 4) is 0 Å². The number of nitrogens with zero attached hydrogens (tertiary/aromatic N) is 2. The van der Waals surface area contributed by atoms with Gasteiger partial charge in [0.2, 0.25) is 4.46 Å². The van der Waals surface area contributed by atoms with E-state index in [1.54, 1.807) is 12.1 Å². The molecule has 0 amide bonds. The van der Waals surface area contributed by atoms with Crippen molar-refractivity contribution in [2.24, 2.45) is 0 Å². The second kappa shape index (κ2) is 5.16. The molecule has 1 saturated heterocycles. The van der Waals surface area contributed by atoms with Gasteiger partial charge in [0.05, 0.1) is 4.92 Å². The van der Waals surface area contributed by atoms with E-state index in [4.69, 9.17) is 23.2 Å². The molecule has 0 spiro atoms. The van der Waals surface area contributed by atoms with Gasteiger partial charge in [-0.25, -0.2) is 0 Å². The van der Waals surface area contributed by atoms with Gasteiger partial charge in [-0.2, -0.15) is 0 Å². The Morgan fingerprint density at radius 2 is 1.67 bits per heavy atom. The molecule has 1 aliphatic heterocycles. The molecule has 0 N–H and O–H groups in total. The van der Waals surface area contributed by atoms with E-state index in [1.807, 2.05) is 29.2 Å². The van der Waals surface area contributed by atoms with Crippen LogP contribution < -0.4 is 4.90 Å². The Bertz CT molecular complexity index is 689. The van der Waals surface area contributed by atoms with E-state index in [0.29, 0.717) is 0 Å². The molecule has 108 valence electrons. The molecule has 2 aromatic rings. The summed E-state index contributed by atoms with van der Waals surface area (Å²) in [6.07, 6.45) is 0. The van der Waals surface area contributed by atoms with Crippen molar-refractivity contribution in [1.29, 1.82) is 0 Å². The highest BCUT2D eigenvalue weighted by atomic mass is 79.9. The van der Waals surface area contributed by atoms with Crippen molar-refractivity contribution < 1.29 is 4.92 Å². The Balaban J connectivity index is 1.89. The molecule has 4 nitrogen and oxygen atoms in total. The SMILES string of the molecule is O=[N+]([O-])c1ccc(C2N(c3ccc(Br)cc3)C2(Cl)Cl)cc1. The zero-order chi connectivity index (χ0) is 15.2. The predicted molar refractivity (Wildman–Crippen MR) is 86.9 cm³/mol. The molecular formula is C14H9BrCl2N2O2. The maximum atomic E-state index is 10.7. The number of rotatable bonds is 3. The molecule has 1 fully saturated rings. The van der Waals surface area contributed by atoms with Crippen molar-refractivity contribution in [3.05, 3.63) is 68.7 Å². The van der Waals surface area contributed by atoms with E-state index in [2.05, 4.69) is 15.9 Å². The second-order valence-electron chi connectivity index (χ2n) is 4.69. The Hall–Kier alpha value is -1.30. The van der Waals surface area contributed by atoms with E-state index >= 15 is 0 Å². The summed E-state index contributed by atoms with van der Waals surface area (Å²) in [4.78, 5) is 12.1. The van der Waals surface area contributed by atoms with Gasteiger partial charge in [0.25, 0.3) is 5.69 Å². The van der Waals surface area contributed by atoms with Crippen LogP contribution in [0, 0.1) is 10.1 Å². The van der Waals surface area contributed by atoms with E-state index in [0.717, 1.165) is 15.7 Å². The van der Waals surface area contributed by atoms with Crippen LogP contribution in [0.3, 0.4) is 0 Å². The van der Waals surface area contributed by atoms with E-state index < -0.39 is 9.38 Å². The number of benzene rings is 2. The first kappa shape index (κ1) is 14.6. The Morgan fingerprint density at radius 3 is 2.19 bits per heavy atom. The number of hydrogen-bond donors (Lipinski definition) is 0. The molecule has 0 bridgehead atoms. The summed E-state index contributed by atoms with van der Waals surface area (Å²) >= 11 is 16.0. The van der Waals surface area contributed by atoms with E-state index in [9.17, 15) is 10.1 Å². The van der Waals surface area contributed by atoms with Gasteiger partial charge in [-0.15, -0.1) is 0 Å². The van der Waals surface area contributed by atoms with Crippen LogP contribution in [-0.4, -0.2) is 9.38 Å². The fourth-order valence-corrected chi connectivity index (χ4v) is 3.30. The molecule has 0 radical (unpaired) electrons. The monoisotopic (exact) mass is 386 g/mol. The zero-order valence-electron chi connectivity index (χ0n) is 10.5. The summed E-state index contributed by atoms with van der Waals surface area (Å²) in [5.74, 6) is 0. The summed E-state index contributed by atoms with van der Waals surface area (Å²) < 4.78 is -0.0704. The second-order valence-corrected chi connectivity index (χ2v) is 6.95. The summed E-state index contributed by atoms with van der Waals surface area (Å²) in [5.41, 5.74) is 1.78. The molecule has 2 aromatic carbocycles. The largest absolute Gasteiger partial charge is 0.326 e. The van der Waals surface area contributed by atoms with Crippen LogP contribution in [0.4, 0.5) is 11.4 Å². The maximum Gasteiger partial charge on any atom is 0.269 e. The molecule has 0 aliphatic carbocycles. The summed E-state index contributed by atoms with van der Waals surface area (Å²) in [6, 6.07) is 13.7. The lowest BCUT2D eigenvalue weighted by Crippen LogP contribution is -2.00. The number of halogens is 3. The topological polar surface area (TPSA) is 46.1 Å². The van der Waals surface area contributed by atoms with Gasteiger partial charge >= 0.3 is 0 Å². The predicted octanol–water partition coefficient (Wildman–Crippen LogP) is 5.05. The van der Waals surface area contributed by atoms with Gasteiger partial charge in [0.1, 0.15) is 6.04 Å². The maximum absolute atomic E-state index is 10.7. The van der Waals surface area contributed by atoms with Crippen molar-refractivity contribution in [1.82, 2.24) is 0 Å². The Morgan fingerprint density at radius 1 is 1.10 bits per heavy atom. The molecule has 1 unspecified atom stereocenters. The number of alkyl halides is 2. The van der Waals surface area contributed by atoms with Crippen LogP contribution in [0.1, 0.15) is 11.6 Å². The molecule has 21 heavy (non-hydrogen) atoms. The summed E-state index contributed by atoms with van der Waals surface area (Å²) in [5, 5.41) is 10.7. The third-order valence-electron chi connectivity index (χ3n) is 3.37. The highest BCUT2D eigenvalue weighted by molar-refractivity contribution is 9.10. The van der Waals surface area contributed by atoms with Crippen molar-refractivity contribution in [3.63, 3.8) is 0 Å². The van der Waals surface area contributed by atoms with Crippen LogP contribution in [0.2, 0.25) is 0 Å². The minimum absolute atomic E-state index is 0.0457. The van der Waals surface area contributed by atoms with Crippen molar-refractivity contribution in [2.75, 3.05) is 4.90 Å². The zero-order valence-corrected chi connectivity index (χ0v) is 13.6. The third kappa shape index (κ3) is 2.61. The first-order valence-electron chi connectivity index (χ1n) is 6.08. The molecule has 7 heteroatoms. The van der Waals surface area contributed by atoms with Gasteiger partial charge in [0, 0.05) is 22.3 Å². The van der Waals surface area contributed by atoms with Crippen LogP contribution in [0.5, 0.6) is 0 Å².